The molecule has 1 aromatic rings. The van der Waals surface area contributed by atoms with E-state index in [-0.39, 0.29) is 30.0 Å². The van der Waals surface area contributed by atoms with Gasteiger partial charge < -0.3 is 15.0 Å². The molecule has 1 aromatic carbocycles. The van der Waals surface area contributed by atoms with Crippen molar-refractivity contribution in [1.29, 1.82) is 0 Å². The van der Waals surface area contributed by atoms with Crippen molar-refractivity contribution in [2.45, 2.75) is 38.5 Å². The zero-order valence-corrected chi connectivity index (χ0v) is 14.7. The number of carbonyl (C=O) groups excluding carboxylic acids is 2. The molecule has 1 fully saturated rings. The Balaban J connectivity index is 1.85. The third kappa shape index (κ3) is 4.20. The molecule has 6 heteroatoms. The van der Waals surface area contributed by atoms with Crippen molar-refractivity contribution in [3.8, 4) is 0 Å². The lowest BCUT2D eigenvalue weighted by Crippen LogP contribution is -2.61. The van der Waals surface area contributed by atoms with E-state index in [1.165, 1.54) is 12.7 Å². The fourth-order valence-electron chi connectivity index (χ4n) is 3.59. The van der Waals surface area contributed by atoms with Crippen LogP contribution in [-0.2, 0) is 20.9 Å². The van der Waals surface area contributed by atoms with E-state index in [1.807, 2.05) is 31.3 Å². The molecule has 25 heavy (non-hydrogen) atoms. The third-order valence-corrected chi connectivity index (χ3v) is 4.83. The number of hydrogen-bond donors (Lipinski definition) is 2. The van der Waals surface area contributed by atoms with Gasteiger partial charge >= 0.3 is 5.97 Å². The average Bonchev–Trinajstić information content (AvgIpc) is 2.59. The zero-order chi connectivity index (χ0) is 17.8. The quantitative estimate of drug-likeness (QED) is 0.812. The minimum Gasteiger partial charge on any atom is -0.466 e. The van der Waals surface area contributed by atoms with Crippen molar-refractivity contribution in [3.05, 3.63) is 47.7 Å². The van der Waals surface area contributed by atoms with Crippen LogP contribution in [0.3, 0.4) is 0 Å². The van der Waals surface area contributed by atoms with Gasteiger partial charge in [-0.3, -0.25) is 10.1 Å². The number of methoxy groups -OCH3 is 1. The second-order valence-electron chi connectivity index (χ2n) is 6.70. The van der Waals surface area contributed by atoms with Gasteiger partial charge in [-0.15, -0.1) is 0 Å². The second kappa shape index (κ2) is 7.70. The summed E-state index contributed by atoms with van der Waals surface area (Å²) in [6, 6.07) is 10.2. The van der Waals surface area contributed by atoms with Crippen LogP contribution < -0.4 is 10.6 Å². The highest BCUT2D eigenvalue weighted by Crippen LogP contribution is 2.26. The summed E-state index contributed by atoms with van der Waals surface area (Å²) in [7, 11) is 1.38. The lowest BCUT2D eigenvalue weighted by atomic mass is 9.86. The molecule has 0 aromatic heterocycles. The van der Waals surface area contributed by atoms with Gasteiger partial charge in [0.25, 0.3) is 0 Å². The molecule has 0 bridgehead atoms. The summed E-state index contributed by atoms with van der Waals surface area (Å²) < 4.78 is 4.93. The van der Waals surface area contributed by atoms with Crippen LogP contribution in [0.25, 0.3) is 0 Å². The normalized spacial score (nSPS) is 28.7. The molecule has 0 saturated carbocycles. The number of fused-ring (bicyclic) bond motifs is 1. The molecule has 2 aliphatic rings. The molecule has 3 rings (SSSR count). The highest BCUT2D eigenvalue weighted by Gasteiger charge is 2.37. The molecule has 3 unspecified atom stereocenters. The Bertz CT molecular complexity index is 659. The summed E-state index contributed by atoms with van der Waals surface area (Å²) >= 11 is 0. The minimum absolute atomic E-state index is 0.00237. The van der Waals surface area contributed by atoms with Crippen LogP contribution in [0.2, 0.25) is 0 Å². The molecule has 2 heterocycles. The Kier molecular flexibility index (Phi) is 5.38. The van der Waals surface area contributed by atoms with Gasteiger partial charge in [-0.05, 0) is 25.3 Å². The van der Waals surface area contributed by atoms with Crippen LogP contribution >= 0.6 is 0 Å². The monoisotopic (exact) mass is 343 g/mol. The summed E-state index contributed by atoms with van der Waals surface area (Å²) in [5, 5.41) is 6.35. The number of nitrogens with zero attached hydrogens (tertiary/aromatic N) is 1. The van der Waals surface area contributed by atoms with Gasteiger partial charge in [-0.2, -0.15) is 0 Å². The number of benzene rings is 1. The molecule has 1 amide bonds. The van der Waals surface area contributed by atoms with E-state index in [9.17, 15) is 9.59 Å². The van der Waals surface area contributed by atoms with Crippen molar-refractivity contribution < 1.29 is 14.3 Å². The molecule has 2 N–H and O–H groups in total. The average molecular weight is 343 g/mol. The molecule has 0 aliphatic carbocycles. The van der Waals surface area contributed by atoms with Gasteiger partial charge in [-0.25, -0.2) is 4.79 Å². The zero-order valence-electron chi connectivity index (χ0n) is 14.7. The number of ether oxygens (including phenoxy) is 1. The first-order valence-electron chi connectivity index (χ1n) is 8.70. The van der Waals surface area contributed by atoms with E-state index in [4.69, 9.17) is 4.74 Å². The minimum atomic E-state index is -0.370. The Labute approximate surface area is 148 Å². The summed E-state index contributed by atoms with van der Waals surface area (Å²) in [6.45, 7) is 3.43. The van der Waals surface area contributed by atoms with Gasteiger partial charge in [0.2, 0.25) is 5.91 Å². The van der Waals surface area contributed by atoms with E-state index in [0.29, 0.717) is 12.0 Å². The molecule has 134 valence electrons. The Morgan fingerprint density at radius 1 is 1.32 bits per heavy atom. The van der Waals surface area contributed by atoms with Crippen LogP contribution in [0.4, 0.5) is 0 Å². The van der Waals surface area contributed by atoms with E-state index < -0.39 is 0 Å². The molecule has 0 radical (unpaired) electrons. The second-order valence-corrected chi connectivity index (χ2v) is 6.70. The highest BCUT2D eigenvalue weighted by molar-refractivity contribution is 5.90. The largest absolute Gasteiger partial charge is 0.466 e. The SMILES string of the molecule is COC(=O)/C1=C/N(Cc2ccccc2)CCC2NC(C)NC(=O)C2C1. The number of rotatable bonds is 3. The maximum atomic E-state index is 12.4. The molecular formula is C19H25N3O3. The lowest BCUT2D eigenvalue weighted by molar-refractivity contribution is -0.137. The van der Waals surface area contributed by atoms with Crippen LogP contribution in [-0.4, -0.2) is 42.6 Å². The van der Waals surface area contributed by atoms with Crippen molar-refractivity contribution in [2.24, 2.45) is 5.92 Å². The molecule has 0 spiro atoms. The predicted molar refractivity (Wildman–Crippen MR) is 94.2 cm³/mol. The molecule has 6 nitrogen and oxygen atoms in total. The van der Waals surface area contributed by atoms with Crippen LogP contribution in [0.5, 0.6) is 0 Å². The fraction of sp³-hybridized carbons (Fsp3) is 0.474. The van der Waals surface area contributed by atoms with Gasteiger partial charge in [0, 0.05) is 25.3 Å². The first-order valence-corrected chi connectivity index (χ1v) is 8.70. The molecule has 1 saturated heterocycles. The summed E-state index contributed by atoms with van der Waals surface area (Å²) in [4.78, 5) is 26.7. The van der Waals surface area contributed by atoms with E-state index in [2.05, 4.69) is 27.7 Å². The van der Waals surface area contributed by atoms with E-state index >= 15 is 0 Å². The van der Waals surface area contributed by atoms with Crippen LogP contribution in [0.1, 0.15) is 25.3 Å². The maximum Gasteiger partial charge on any atom is 0.335 e. The van der Waals surface area contributed by atoms with Crippen LogP contribution in [0.15, 0.2) is 42.1 Å². The topological polar surface area (TPSA) is 70.7 Å². The van der Waals surface area contributed by atoms with E-state index in [1.54, 1.807) is 0 Å². The first kappa shape index (κ1) is 17.5. The van der Waals surface area contributed by atoms with Gasteiger partial charge in [0.15, 0.2) is 0 Å². The first-order chi connectivity index (χ1) is 12.1. The number of hydrogen-bond acceptors (Lipinski definition) is 5. The fourth-order valence-corrected chi connectivity index (χ4v) is 3.59. The Hall–Kier alpha value is -2.34. The van der Waals surface area contributed by atoms with Crippen molar-refractivity contribution >= 4 is 11.9 Å². The van der Waals surface area contributed by atoms with E-state index in [0.717, 1.165) is 19.5 Å². The molecule has 3 atom stereocenters. The highest BCUT2D eigenvalue weighted by atomic mass is 16.5. The summed E-state index contributed by atoms with van der Waals surface area (Å²) in [5.41, 5.74) is 1.72. The number of nitrogens with one attached hydrogen (secondary N) is 2. The lowest BCUT2D eigenvalue weighted by Gasteiger charge is -2.39. The van der Waals surface area contributed by atoms with Crippen LogP contribution in [0, 0.1) is 5.92 Å². The Morgan fingerprint density at radius 3 is 2.80 bits per heavy atom. The van der Waals surface area contributed by atoms with Crippen molar-refractivity contribution in [3.63, 3.8) is 0 Å². The molecular weight excluding hydrogens is 318 g/mol. The summed E-state index contributed by atoms with van der Waals surface area (Å²) in [6.07, 6.45) is 3.04. The van der Waals surface area contributed by atoms with Gasteiger partial charge in [0.05, 0.1) is 24.8 Å². The van der Waals surface area contributed by atoms with Gasteiger partial charge in [0.1, 0.15) is 0 Å². The predicted octanol–water partition coefficient (Wildman–Crippen LogP) is 1.39. The van der Waals surface area contributed by atoms with Crippen molar-refractivity contribution in [1.82, 2.24) is 15.5 Å². The standard InChI is InChI=1S/C19H25N3O3/c1-13-20-17-8-9-22(11-14-6-4-3-5-7-14)12-15(19(24)25-2)10-16(17)18(23)21-13/h3-7,12-13,16-17,20H,8-11H2,1-2H3,(H,21,23)/b15-12+. The number of esters is 1. The Morgan fingerprint density at radius 2 is 2.08 bits per heavy atom. The molecule has 2 aliphatic heterocycles. The third-order valence-electron chi connectivity index (χ3n) is 4.83. The van der Waals surface area contributed by atoms with Crippen molar-refractivity contribution in [2.75, 3.05) is 13.7 Å². The van der Waals surface area contributed by atoms with Gasteiger partial charge in [-0.1, -0.05) is 30.3 Å². The number of carbonyl (C=O) groups is 2. The smallest absolute Gasteiger partial charge is 0.335 e. The summed E-state index contributed by atoms with van der Waals surface area (Å²) in [5.74, 6) is -0.617. The maximum absolute atomic E-state index is 12.4. The number of amides is 1.